The standard InChI is InChI=1S/C19H29N3O2/c1-13-7-6-8-14(9-13)12-20-16(23)17(24)21-15-10-18(2,3)22-19(4,5)11-15/h6-9,15,22H,10-12H2,1-5H3,(H,20,23)(H,21,24). The molecule has 1 aromatic rings. The molecule has 0 atom stereocenters. The van der Waals surface area contributed by atoms with Gasteiger partial charge in [-0.25, -0.2) is 0 Å². The third-order valence-electron chi connectivity index (χ3n) is 4.27. The second kappa shape index (κ2) is 6.93. The summed E-state index contributed by atoms with van der Waals surface area (Å²) in [6.45, 7) is 10.8. The lowest BCUT2D eigenvalue weighted by molar-refractivity contribution is -0.140. The average molecular weight is 331 g/mol. The molecular weight excluding hydrogens is 302 g/mol. The van der Waals surface area contributed by atoms with E-state index in [1.165, 1.54) is 0 Å². The molecule has 1 fully saturated rings. The molecular formula is C19H29N3O2. The van der Waals surface area contributed by atoms with E-state index in [0.717, 1.165) is 24.0 Å². The summed E-state index contributed by atoms with van der Waals surface area (Å²) in [7, 11) is 0. The fourth-order valence-corrected chi connectivity index (χ4v) is 3.76. The Hall–Kier alpha value is -1.88. The summed E-state index contributed by atoms with van der Waals surface area (Å²) < 4.78 is 0. The smallest absolute Gasteiger partial charge is 0.309 e. The van der Waals surface area contributed by atoms with Gasteiger partial charge in [0, 0.05) is 23.7 Å². The highest BCUT2D eigenvalue weighted by atomic mass is 16.2. The van der Waals surface area contributed by atoms with Crippen molar-refractivity contribution in [1.29, 1.82) is 0 Å². The van der Waals surface area contributed by atoms with Crippen LogP contribution in [-0.4, -0.2) is 28.9 Å². The van der Waals surface area contributed by atoms with E-state index in [4.69, 9.17) is 0 Å². The zero-order chi connectivity index (χ0) is 18.0. The van der Waals surface area contributed by atoms with Crippen molar-refractivity contribution in [2.75, 3.05) is 0 Å². The first-order valence-electron chi connectivity index (χ1n) is 8.50. The van der Waals surface area contributed by atoms with Crippen LogP contribution in [0.15, 0.2) is 24.3 Å². The molecule has 1 heterocycles. The summed E-state index contributed by atoms with van der Waals surface area (Å²) in [5.74, 6) is -1.13. The fraction of sp³-hybridized carbons (Fsp3) is 0.579. The van der Waals surface area contributed by atoms with Gasteiger partial charge in [-0.15, -0.1) is 0 Å². The topological polar surface area (TPSA) is 70.2 Å². The van der Waals surface area contributed by atoms with Crippen LogP contribution in [-0.2, 0) is 16.1 Å². The zero-order valence-corrected chi connectivity index (χ0v) is 15.3. The summed E-state index contributed by atoms with van der Waals surface area (Å²) in [5.41, 5.74) is 1.97. The zero-order valence-electron chi connectivity index (χ0n) is 15.3. The Morgan fingerprint density at radius 1 is 1.12 bits per heavy atom. The van der Waals surface area contributed by atoms with Gasteiger partial charge in [0.15, 0.2) is 0 Å². The SMILES string of the molecule is Cc1cccc(CNC(=O)C(=O)NC2CC(C)(C)NC(C)(C)C2)c1. The van der Waals surface area contributed by atoms with E-state index < -0.39 is 11.8 Å². The van der Waals surface area contributed by atoms with E-state index in [1.807, 2.05) is 31.2 Å². The third-order valence-corrected chi connectivity index (χ3v) is 4.27. The van der Waals surface area contributed by atoms with Crippen molar-refractivity contribution in [3.63, 3.8) is 0 Å². The number of nitrogens with one attached hydrogen (secondary N) is 3. The molecule has 1 aromatic carbocycles. The van der Waals surface area contributed by atoms with Gasteiger partial charge in [-0.05, 0) is 53.0 Å². The Labute approximate surface area is 144 Å². The molecule has 0 saturated carbocycles. The van der Waals surface area contributed by atoms with Crippen LogP contribution in [0.2, 0.25) is 0 Å². The molecule has 0 unspecified atom stereocenters. The molecule has 0 bridgehead atoms. The molecule has 0 aromatic heterocycles. The van der Waals surface area contributed by atoms with Crippen LogP contribution in [0.3, 0.4) is 0 Å². The third kappa shape index (κ3) is 5.34. The van der Waals surface area contributed by atoms with Crippen LogP contribution >= 0.6 is 0 Å². The lowest BCUT2D eigenvalue weighted by Gasteiger charge is -2.46. The number of amides is 2. The van der Waals surface area contributed by atoms with E-state index in [0.29, 0.717) is 6.54 Å². The predicted molar refractivity (Wildman–Crippen MR) is 95.5 cm³/mol. The first kappa shape index (κ1) is 18.5. The van der Waals surface area contributed by atoms with E-state index in [2.05, 4.69) is 43.6 Å². The average Bonchev–Trinajstić information content (AvgIpc) is 2.41. The molecule has 24 heavy (non-hydrogen) atoms. The highest BCUT2D eigenvalue weighted by Crippen LogP contribution is 2.28. The molecule has 1 aliphatic heterocycles. The van der Waals surface area contributed by atoms with Gasteiger partial charge < -0.3 is 16.0 Å². The largest absolute Gasteiger partial charge is 0.345 e. The lowest BCUT2D eigenvalue weighted by atomic mass is 9.79. The van der Waals surface area contributed by atoms with Crippen LogP contribution in [0.1, 0.15) is 51.7 Å². The highest BCUT2D eigenvalue weighted by molar-refractivity contribution is 6.35. The Morgan fingerprint density at radius 3 is 2.33 bits per heavy atom. The van der Waals surface area contributed by atoms with Gasteiger partial charge in [-0.2, -0.15) is 0 Å². The lowest BCUT2D eigenvalue weighted by Crippen LogP contribution is -2.62. The molecule has 5 nitrogen and oxygen atoms in total. The minimum atomic E-state index is -0.578. The molecule has 0 spiro atoms. The van der Waals surface area contributed by atoms with E-state index in [1.54, 1.807) is 0 Å². The molecule has 2 rings (SSSR count). The number of hydrogen-bond acceptors (Lipinski definition) is 3. The van der Waals surface area contributed by atoms with Crippen LogP contribution in [0.5, 0.6) is 0 Å². The van der Waals surface area contributed by atoms with Crippen LogP contribution in [0, 0.1) is 6.92 Å². The summed E-state index contributed by atoms with van der Waals surface area (Å²) in [4.78, 5) is 24.2. The molecule has 1 saturated heterocycles. The van der Waals surface area contributed by atoms with Crippen molar-refractivity contribution < 1.29 is 9.59 Å². The fourth-order valence-electron chi connectivity index (χ4n) is 3.76. The van der Waals surface area contributed by atoms with Gasteiger partial charge in [0.2, 0.25) is 0 Å². The van der Waals surface area contributed by atoms with Gasteiger partial charge >= 0.3 is 11.8 Å². The Morgan fingerprint density at radius 2 is 1.75 bits per heavy atom. The maximum atomic E-state index is 12.2. The second-order valence-electron chi connectivity index (χ2n) is 8.14. The van der Waals surface area contributed by atoms with Crippen molar-refractivity contribution >= 4 is 11.8 Å². The van der Waals surface area contributed by atoms with Crippen molar-refractivity contribution in [3.8, 4) is 0 Å². The molecule has 3 N–H and O–H groups in total. The molecule has 5 heteroatoms. The number of carbonyl (C=O) groups excluding carboxylic acids is 2. The first-order valence-corrected chi connectivity index (χ1v) is 8.50. The maximum absolute atomic E-state index is 12.2. The van der Waals surface area contributed by atoms with E-state index in [-0.39, 0.29) is 17.1 Å². The van der Waals surface area contributed by atoms with Crippen LogP contribution in [0.4, 0.5) is 0 Å². The quantitative estimate of drug-likeness (QED) is 0.742. The van der Waals surface area contributed by atoms with E-state index >= 15 is 0 Å². The van der Waals surface area contributed by atoms with Gasteiger partial charge in [-0.3, -0.25) is 9.59 Å². The number of piperidine rings is 1. The minimum absolute atomic E-state index is 0.00605. The minimum Gasteiger partial charge on any atom is -0.345 e. The van der Waals surface area contributed by atoms with Crippen molar-refractivity contribution in [3.05, 3.63) is 35.4 Å². The molecule has 132 valence electrons. The monoisotopic (exact) mass is 331 g/mol. The number of benzene rings is 1. The van der Waals surface area contributed by atoms with E-state index in [9.17, 15) is 9.59 Å². The van der Waals surface area contributed by atoms with Gasteiger partial charge in [0.25, 0.3) is 0 Å². The van der Waals surface area contributed by atoms with Crippen molar-refractivity contribution in [2.24, 2.45) is 0 Å². The number of aryl methyl sites for hydroxylation is 1. The van der Waals surface area contributed by atoms with Crippen molar-refractivity contribution in [1.82, 2.24) is 16.0 Å². The number of rotatable bonds is 3. The van der Waals surface area contributed by atoms with Crippen LogP contribution in [0.25, 0.3) is 0 Å². The predicted octanol–water partition coefficient (Wildman–Crippen LogP) is 2.04. The Balaban J connectivity index is 1.88. The maximum Gasteiger partial charge on any atom is 0.309 e. The van der Waals surface area contributed by atoms with Gasteiger partial charge in [0.1, 0.15) is 0 Å². The first-order chi connectivity index (χ1) is 11.1. The highest BCUT2D eigenvalue weighted by Gasteiger charge is 2.38. The Kier molecular flexibility index (Phi) is 5.33. The molecule has 0 radical (unpaired) electrons. The number of carbonyl (C=O) groups is 2. The summed E-state index contributed by atoms with van der Waals surface area (Å²) >= 11 is 0. The molecule has 2 amide bonds. The van der Waals surface area contributed by atoms with Gasteiger partial charge in [-0.1, -0.05) is 29.8 Å². The molecule has 1 aliphatic rings. The normalized spacial score (nSPS) is 19.5. The number of hydrogen-bond donors (Lipinski definition) is 3. The van der Waals surface area contributed by atoms with Crippen molar-refractivity contribution in [2.45, 2.75) is 71.1 Å². The summed E-state index contributed by atoms with van der Waals surface area (Å²) in [6.07, 6.45) is 1.60. The molecule has 0 aliphatic carbocycles. The summed E-state index contributed by atoms with van der Waals surface area (Å²) in [5, 5.41) is 9.14. The summed E-state index contributed by atoms with van der Waals surface area (Å²) in [6, 6.07) is 7.86. The Bertz CT molecular complexity index is 607. The van der Waals surface area contributed by atoms with Crippen LogP contribution < -0.4 is 16.0 Å². The van der Waals surface area contributed by atoms with Gasteiger partial charge in [0.05, 0.1) is 0 Å². The second-order valence-corrected chi connectivity index (χ2v) is 8.14.